The lowest BCUT2D eigenvalue weighted by molar-refractivity contribution is 0.330. The van der Waals surface area contributed by atoms with Crippen molar-refractivity contribution in [3.63, 3.8) is 0 Å². The largest absolute Gasteiger partial charge is 0.493 e. The van der Waals surface area contributed by atoms with E-state index in [4.69, 9.17) is 10.5 Å². The number of alkyl halides is 1. The van der Waals surface area contributed by atoms with Gasteiger partial charge in [-0.1, -0.05) is 0 Å². The fourth-order valence-electron chi connectivity index (χ4n) is 1.00. The summed E-state index contributed by atoms with van der Waals surface area (Å²) >= 11 is 0. The lowest BCUT2D eigenvalue weighted by Crippen LogP contribution is -1.96. The third kappa shape index (κ3) is 1.87. The van der Waals surface area contributed by atoms with E-state index in [2.05, 4.69) is 0 Å². The molecular formula is C9H12FNO. The first kappa shape index (κ1) is 8.84. The van der Waals surface area contributed by atoms with Crippen molar-refractivity contribution >= 4 is 5.69 Å². The van der Waals surface area contributed by atoms with Crippen LogP contribution in [0.3, 0.4) is 0 Å². The number of benzene rings is 1. The zero-order valence-corrected chi connectivity index (χ0v) is 7.01. The van der Waals surface area contributed by atoms with Crippen molar-refractivity contribution in [3.05, 3.63) is 23.8 Å². The summed E-state index contributed by atoms with van der Waals surface area (Å²) in [5.41, 5.74) is 6.55. The SMILES string of the molecule is CCOc1ccc(N)cc1CF. The van der Waals surface area contributed by atoms with E-state index >= 15 is 0 Å². The first-order valence-electron chi connectivity index (χ1n) is 3.85. The van der Waals surface area contributed by atoms with Crippen molar-refractivity contribution < 1.29 is 9.13 Å². The Kier molecular flexibility index (Phi) is 2.91. The Morgan fingerprint density at radius 3 is 2.83 bits per heavy atom. The molecule has 1 aromatic rings. The van der Waals surface area contributed by atoms with Crippen molar-refractivity contribution in [2.24, 2.45) is 0 Å². The monoisotopic (exact) mass is 169 g/mol. The van der Waals surface area contributed by atoms with Gasteiger partial charge in [-0.3, -0.25) is 0 Å². The van der Waals surface area contributed by atoms with Gasteiger partial charge in [0.1, 0.15) is 12.4 Å². The highest BCUT2D eigenvalue weighted by Gasteiger charge is 2.02. The molecule has 3 heteroatoms. The molecule has 0 aromatic heterocycles. The minimum atomic E-state index is -0.541. The molecule has 0 fully saturated rings. The van der Waals surface area contributed by atoms with Gasteiger partial charge >= 0.3 is 0 Å². The molecule has 0 spiro atoms. The highest BCUT2D eigenvalue weighted by Crippen LogP contribution is 2.22. The quantitative estimate of drug-likeness (QED) is 0.703. The number of hydrogen-bond acceptors (Lipinski definition) is 2. The van der Waals surface area contributed by atoms with Crippen molar-refractivity contribution in [1.82, 2.24) is 0 Å². The minimum absolute atomic E-state index is 0.511. The molecule has 0 aliphatic rings. The molecule has 0 saturated heterocycles. The van der Waals surface area contributed by atoms with Gasteiger partial charge in [-0.15, -0.1) is 0 Å². The topological polar surface area (TPSA) is 35.2 Å². The molecule has 0 aliphatic heterocycles. The highest BCUT2D eigenvalue weighted by atomic mass is 19.1. The van der Waals surface area contributed by atoms with Crippen LogP contribution in [-0.2, 0) is 6.67 Å². The van der Waals surface area contributed by atoms with Crippen LogP contribution >= 0.6 is 0 Å². The zero-order valence-electron chi connectivity index (χ0n) is 7.01. The molecule has 66 valence electrons. The van der Waals surface area contributed by atoms with Crippen LogP contribution in [0.5, 0.6) is 5.75 Å². The summed E-state index contributed by atoms with van der Waals surface area (Å²) in [6.07, 6.45) is 0. The Balaban J connectivity index is 2.94. The number of nitrogen functional groups attached to an aromatic ring is 1. The second kappa shape index (κ2) is 3.95. The van der Waals surface area contributed by atoms with Crippen LogP contribution in [0, 0.1) is 0 Å². The van der Waals surface area contributed by atoms with E-state index in [1.165, 1.54) is 0 Å². The van der Waals surface area contributed by atoms with Crippen molar-refractivity contribution in [1.29, 1.82) is 0 Å². The first-order valence-corrected chi connectivity index (χ1v) is 3.85. The minimum Gasteiger partial charge on any atom is -0.493 e. The Hall–Kier alpha value is -1.25. The molecule has 2 nitrogen and oxygen atoms in total. The van der Waals surface area contributed by atoms with Gasteiger partial charge in [0, 0.05) is 11.3 Å². The van der Waals surface area contributed by atoms with Crippen LogP contribution in [-0.4, -0.2) is 6.61 Å². The van der Waals surface area contributed by atoms with Crippen LogP contribution in [0.25, 0.3) is 0 Å². The van der Waals surface area contributed by atoms with E-state index in [0.717, 1.165) is 0 Å². The number of rotatable bonds is 3. The maximum atomic E-state index is 12.4. The van der Waals surface area contributed by atoms with Crippen LogP contribution in [0.4, 0.5) is 10.1 Å². The lowest BCUT2D eigenvalue weighted by Gasteiger charge is -2.07. The average Bonchev–Trinajstić information content (AvgIpc) is 2.08. The smallest absolute Gasteiger partial charge is 0.125 e. The number of ether oxygens (including phenoxy) is 1. The second-order valence-corrected chi connectivity index (χ2v) is 2.43. The summed E-state index contributed by atoms with van der Waals surface area (Å²) in [5.74, 6) is 0.578. The molecule has 1 rings (SSSR count). The van der Waals surface area contributed by atoms with E-state index in [-0.39, 0.29) is 0 Å². The fraction of sp³-hybridized carbons (Fsp3) is 0.333. The van der Waals surface area contributed by atoms with Crippen LogP contribution in [0.1, 0.15) is 12.5 Å². The van der Waals surface area contributed by atoms with E-state index in [0.29, 0.717) is 23.6 Å². The van der Waals surface area contributed by atoms with Gasteiger partial charge < -0.3 is 10.5 Å². The summed E-state index contributed by atoms with van der Waals surface area (Å²) < 4.78 is 17.5. The molecule has 12 heavy (non-hydrogen) atoms. The zero-order chi connectivity index (χ0) is 8.97. The van der Waals surface area contributed by atoms with Crippen LogP contribution in [0.2, 0.25) is 0 Å². The molecule has 0 radical (unpaired) electrons. The van der Waals surface area contributed by atoms with Gasteiger partial charge in [0.05, 0.1) is 6.61 Å². The van der Waals surface area contributed by atoms with E-state index < -0.39 is 6.67 Å². The Morgan fingerprint density at radius 2 is 2.25 bits per heavy atom. The van der Waals surface area contributed by atoms with Crippen molar-refractivity contribution in [2.75, 3.05) is 12.3 Å². The third-order valence-corrected chi connectivity index (χ3v) is 1.53. The highest BCUT2D eigenvalue weighted by molar-refractivity contribution is 5.47. The predicted molar refractivity (Wildman–Crippen MR) is 46.8 cm³/mol. The molecule has 0 aliphatic carbocycles. The summed E-state index contributed by atoms with van der Waals surface area (Å²) in [7, 11) is 0. The molecule has 0 unspecified atom stereocenters. The lowest BCUT2D eigenvalue weighted by atomic mass is 10.2. The number of anilines is 1. The molecule has 0 saturated carbocycles. The summed E-state index contributed by atoms with van der Waals surface area (Å²) in [5, 5.41) is 0. The molecule has 1 aromatic carbocycles. The second-order valence-electron chi connectivity index (χ2n) is 2.43. The van der Waals surface area contributed by atoms with Gasteiger partial charge in [-0.25, -0.2) is 4.39 Å². The predicted octanol–water partition coefficient (Wildman–Crippen LogP) is 2.14. The summed E-state index contributed by atoms with van der Waals surface area (Å²) in [6, 6.07) is 4.98. The molecule has 2 N–H and O–H groups in total. The molecular weight excluding hydrogens is 157 g/mol. The van der Waals surface area contributed by atoms with Gasteiger partial charge in [0.2, 0.25) is 0 Å². The number of nitrogens with two attached hydrogens (primary N) is 1. The van der Waals surface area contributed by atoms with Crippen molar-refractivity contribution in [3.8, 4) is 5.75 Å². The molecule has 0 atom stereocenters. The Bertz CT molecular complexity index is 263. The first-order chi connectivity index (χ1) is 5.77. The van der Waals surface area contributed by atoms with Gasteiger partial charge in [-0.05, 0) is 25.1 Å². The Morgan fingerprint density at radius 1 is 1.50 bits per heavy atom. The van der Waals surface area contributed by atoms with Gasteiger partial charge in [0.25, 0.3) is 0 Å². The summed E-state index contributed by atoms with van der Waals surface area (Å²) in [6.45, 7) is 1.86. The van der Waals surface area contributed by atoms with Crippen molar-refractivity contribution in [2.45, 2.75) is 13.6 Å². The Labute approximate surface area is 71.1 Å². The van der Waals surface area contributed by atoms with Gasteiger partial charge in [0.15, 0.2) is 0 Å². The molecule has 0 bridgehead atoms. The third-order valence-electron chi connectivity index (χ3n) is 1.53. The summed E-state index contributed by atoms with van der Waals surface area (Å²) in [4.78, 5) is 0. The molecule has 0 amide bonds. The maximum Gasteiger partial charge on any atom is 0.125 e. The van der Waals surface area contributed by atoms with E-state index in [9.17, 15) is 4.39 Å². The van der Waals surface area contributed by atoms with Crippen LogP contribution in [0.15, 0.2) is 18.2 Å². The maximum absolute atomic E-state index is 12.4. The fourth-order valence-corrected chi connectivity index (χ4v) is 1.00. The van der Waals surface area contributed by atoms with E-state index in [1.54, 1.807) is 18.2 Å². The normalized spacial score (nSPS) is 9.83. The van der Waals surface area contributed by atoms with Crippen LogP contribution < -0.4 is 10.5 Å². The van der Waals surface area contributed by atoms with E-state index in [1.807, 2.05) is 6.92 Å². The molecule has 0 heterocycles. The number of hydrogen-bond donors (Lipinski definition) is 1. The standard InChI is InChI=1S/C9H12FNO/c1-2-12-9-4-3-8(11)5-7(9)6-10/h3-5H,2,6,11H2,1H3. The average molecular weight is 169 g/mol. The number of halogens is 1. The van der Waals surface area contributed by atoms with Gasteiger partial charge in [-0.2, -0.15) is 0 Å².